The summed E-state index contributed by atoms with van der Waals surface area (Å²) >= 11 is 0. The van der Waals surface area contributed by atoms with E-state index in [1.54, 1.807) is 30.3 Å². The fourth-order valence-electron chi connectivity index (χ4n) is 2.85. The maximum atomic E-state index is 13.0. The number of Topliss-reactive ketones (excluding diaryl/α,β-unsaturated/α-hetero) is 1. The van der Waals surface area contributed by atoms with Crippen LogP contribution in [-0.2, 0) is 16.1 Å². The molecule has 0 saturated carbocycles. The first-order valence-corrected chi connectivity index (χ1v) is 9.58. The molecule has 0 saturated heterocycles. The van der Waals surface area contributed by atoms with Gasteiger partial charge in [-0.25, -0.2) is 4.79 Å². The minimum absolute atomic E-state index is 0.0308. The van der Waals surface area contributed by atoms with Crippen LogP contribution in [0.15, 0.2) is 60.7 Å². The van der Waals surface area contributed by atoms with Crippen LogP contribution in [-0.4, -0.2) is 44.0 Å². The van der Waals surface area contributed by atoms with Gasteiger partial charge in [-0.15, -0.1) is 10.2 Å². The number of aromatic nitrogens is 4. The van der Waals surface area contributed by atoms with Crippen LogP contribution in [0.3, 0.4) is 0 Å². The van der Waals surface area contributed by atoms with Gasteiger partial charge in [0.15, 0.2) is 11.6 Å². The number of carbonyl (C=O) groups excluding carboxylic acids is 3. The van der Waals surface area contributed by atoms with Gasteiger partial charge in [0.25, 0.3) is 0 Å². The highest BCUT2D eigenvalue weighted by molar-refractivity contribution is 6.02. The predicted molar refractivity (Wildman–Crippen MR) is 111 cm³/mol. The SMILES string of the molecule is NC(=O)CC[C@H](N)C(=O)[C](c1ccccc1)c1nnn(C(=O)NCc2ccccc2)n1. The molecule has 0 unspecified atom stereocenters. The van der Waals surface area contributed by atoms with Crippen LogP contribution in [0.4, 0.5) is 4.79 Å². The van der Waals surface area contributed by atoms with Crippen molar-refractivity contribution in [3.8, 4) is 0 Å². The molecule has 159 valence electrons. The molecule has 0 bridgehead atoms. The van der Waals surface area contributed by atoms with Crippen LogP contribution in [0.1, 0.15) is 29.8 Å². The average molecular weight is 420 g/mol. The topological polar surface area (TPSA) is 159 Å². The fourth-order valence-corrected chi connectivity index (χ4v) is 2.85. The quantitative estimate of drug-likeness (QED) is 0.456. The molecule has 0 aliphatic rings. The largest absolute Gasteiger partial charge is 0.370 e. The minimum atomic E-state index is -0.985. The molecule has 10 nitrogen and oxygen atoms in total. The number of hydrogen-bond donors (Lipinski definition) is 3. The normalized spacial score (nSPS) is 11.8. The van der Waals surface area contributed by atoms with Gasteiger partial charge >= 0.3 is 6.03 Å². The lowest BCUT2D eigenvalue weighted by Crippen LogP contribution is -2.37. The second-order valence-corrected chi connectivity index (χ2v) is 6.76. The van der Waals surface area contributed by atoms with Crippen LogP contribution in [0.25, 0.3) is 0 Å². The smallest absolute Gasteiger partial charge is 0.361 e. The van der Waals surface area contributed by atoms with Crippen molar-refractivity contribution < 1.29 is 14.4 Å². The molecule has 1 heterocycles. The van der Waals surface area contributed by atoms with E-state index in [1.165, 1.54) is 0 Å². The Morgan fingerprint density at radius 1 is 1.00 bits per heavy atom. The summed E-state index contributed by atoms with van der Waals surface area (Å²) in [5, 5.41) is 14.4. The monoisotopic (exact) mass is 420 g/mol. The second kappa shape index (κ2) is 10.2. The molecular formula is C21H22N7O3. The Balaban J connectivity index is 1.78. The number of tetrazole rings is 1. The lowest BCUT2D eigenvalue weighted by molar-refractivity contribution is -0.119. The second-order valence-electron chi connectivity index (χ2n) is 6.76. The molecule has 31 heavy (non-hydrogen) atoms. The zero-order chi connectivity index (χ0) is 22.2. The van der Waals surface area contributed by atoms with E-state index in [-0.39, 0.29) is 31.1 Å². The zero-order valence-electron chi connectivity index (χ0n) is 16.6. The van der Waals surface area contributed by atoms with Gasteiger partial charge in [-0.1, -0.05) is 65.5 Å². The standard InChI is InChI=1S/C21H22N7O3/c22-16(11-12-17(23)29)19(30)18(15-9-5-2-6-10-15)20-25-27-28(26-20)21(31)24-13-14-7-3-1-4-8-14/h1-10,16H,11-13,22H2,(H2,23,29)(H,24,31)/t16-/m0/s1. The summed E-state index contributed by atoms with van der Waals surface area (Å²) in [4.78, 5) is 37.2. The fraction of sp³-hybridized carbons (Fsp3) is 0.190. The van der Waals surface area contributed by atoms with E-state index in [2.05, 4.69) is 20.7 Å². The van der Waals surface area contributed by atoms with Crippen molar-refractivity contribution in [1.29, 1.82) is 0 Å². The summed E-state index contributed by atoms with van der Waals surface area (Å²) in [6.07, 6.45) is 0.0488. The summed E-state index contributed by atoms with van der Waals surface area (Å²) in [7, 11) is 0. The van der Waals surface area contributed by atoms with Crippen molar-refractivity contribution >= 4 is 17.7 Å². The van der Waals surface area contributed by atoms with Crippen molar-refractivity contribution in [3.05, 3.63) is 83.5 Å². The van der Waals surface area contributed by atoms with Crippen LogP contribution in [0.5, 0.6) is 0 Å². The van der Waals surface area contributed by atoms with Gasteiger partial charge in [-0.2, -0.15) is 0 Å². The average Bonchev–Trinajstić information content (AvgIpc) is 3.27. The summed E-state index contributed by atoms with van der Waals surface area (Å²) in [5.41, 5.74) is 12.6. The van der Waals surface area contributed by atoms with Crippen molar-refractivity contribution in [3.63, 3.8) is 0 Å². The van der Waals surface area contributed by atoms with Crippen LogP contribution >= 0.6 is 0 Å². The first kappa shape index (κ1) is 21.8. The Hall–Kier alpha value is -3.92. The van der Waals surface area contributed by atoms with E-state index in [0.717, 1.165) is 10.4 Å². The van der Waals surface area contributed by atoms with E-state index in [4.69, 9.17) is 11.5 Å². The number of rotatable bonds is 9. The Morgan fingerprint density at radius 2 is 1.65 bits per heavy atom. The maximum absolute atomic E-state index is 13.0. The predicted octanol–water partition coefficient (Wildman–Crippen LogP) is 0.564. The molecule has 2 amide bonds. The number of nitrogens with zero attached hydrogens (tertiary/aromatic N) is 4. The minimum Gasteiger partial charge on any atom is -0.370 e. The van der Waals surface area contributed by atoms with Crippen LogP contribution < -0.4 is 16.8 Å². The first-order chi connectivity index (χ1) is 15.0. The number of amides is 2. The molecule has 1 aromatic heterocycles. The molecule has 0 aliphatic heterocycles. The summed E-state index contributed by atoms with van der Waals surface area (Å²) in [5.74, 6) is -0.958. The van der Waals surface area contributed by atoms with Gasteiger partial charge in [0, 0.05) is 13.0 Å². The van der Waals surface area contributed by atoms with E-state index in [0.29, 0.717) is 5.56 Å². The number of hydrogen-bond acceptors (Lipinski definition) is 7. The number of carbonyl (C=O) groups is 3. The third-order valence-electron chi connectivity index (χ3n) is 4.45. The van der Waals surface area contributed by atoms with Gasteiger partial charge < -0.3 is 16.8 Å². The molecule has 0 aliphatic carbocycles. The number of nitrogens with one attached hydrogen (secondary N) is 1. The summed E-state index contributed by atoms with van der Waals surface area (Å²) in [6.45, 7) is 0.280. The molecule has 3 rings (SSSR count). The van der Waals surface area contributed by atoms with Gasteiger partial charge in [-0.05, 0) is 22.8 Å². The molecular weight excluding hydrogens is 398 g/mol. The molecule has 1 atom stereocenters. The Kier molecular flexibility index (Phi) is 7.17. The van der Waals surface area contributed by atoms with E-state index < -0.39 is 23.8 Å². The van der Waals surface area contributed by atoms with Crippen LogP contribution in [0.2, 0.25) is 0 Å². The van der Waals surface area contributed by atoms with Crippen LogP contribution in [0, 0.1) is 5.92 Å². The third-order valence-corrected chi connectivity index (χ3v) is 4.45. The van der Waals surface area contributed by atoms with Gasteiger partial charge in [0.2, 0.25) is 5.91 Å². The molecule has 5 N–H and O–H groups in total. The number of ketones is 1. The van der Waals surface area contributed by atoms with Gasteiger partial charge in [-0.3, -0.25) is 9.59 Å². The number of primary amides is 1. The zero-order valence-corrected chi connectivity index (χ0v) is 16.6. The van der Waals surface area contributed by atoms with E-state index in [1.807, 2.05) is 30.3 Å². The van der Waals surface area contributed by atoms with Gasteiger partial charge in [0.1, 0.15) is 5.92 Å². The van der Waals surface area contributed by atoms with E-state index in [9.17, 15) is 14.4 Å². The van der Waals surface area contributed by atoms with Crippen molar-refractivity contribution in [2.24, 2.45) is 11.5 Å². The Labute approximate surface area is 178 Å². The molecule has 0 fully saturated rings. The van der Waals surface area contributed by atoms with Gasteiger partial charge in [0.05, 0.1) is 6.04 Å². The highest BCUT2D eigenvalue weighted by atomic mass is 16.2. The first-order valence-electron chi connectivity index (χ1n) is 9.58. The Bertz CT molecular complexity index is 1040. The Morgan fingerprint density at radius 3 is 2.29 bits per heavy atom. The number of nitrogens with two attached hydrogens (primary N) is 2. The molecule has 0 spiro atoms. The molecule has 3 aromatic rings. The van der Waals surface area contributed by atoms with Crippen molar-refractivity contribution in [2.75, 3.05) is 0 Å². The van der Waals surface area contributed by atoms with Crippen molar-refractivity contribution in [2.45, 2.75) is 25.4 Å². The lowest BCUT2D eigenvalue weighted by Gasteiger charge is -2.16. The molecule has 2 aromatic carbocycles. The molecule has 10 heteroatoms. The maximum Gasteiger partial charge on any atom is 0.361 e. The van der Waals surface area contributed by atoms with Crippen molar-refractivity contribution in [1.82, 2.24) is 25.5 Å². The highest BCUT2D eigenvalue weighted by Crippen LogP contribution is 2.23. The summed E-state index contributed by atoms with van der Waals surface area (Å²) in [6, 6.07) is 16.4. The third kappa shape index (κ3) is 5.80. The van der Waals surface area contributed by atoms with E-state index >= 15 is 0 Å². The number of benzene rings is 2. The lowest BCUT2D eigenvalue weighted by atomic mass is 9.89. The molecule has 1 radical (unpaired) electrons. The summed E-state index contributed by atoms with van der Waals surface area (Å²) < 4.78 is 0. The highest BCUT2D eigenvalue weighted by Gasteiger charge is 2.32.